The highest BCUT2D eigenvalue weighted by Crippen LogP contribution is 2.24. The number of carbonyl (C=O) groups excluding carboxylic acids is 1. The van der Waals surface area contributed by atoms with Crippen LogP contribution in [-0.2, 0) is 20.7 Å². The maximum atomic E-state index is 12.0. The van der Waals surface area contributed by atoms with Crippen molar-refractivity contribution in [3.05, 3.63) is 33.8 Å². The molecule has 1 amide bonds. The highest BCUT2D eigenvalue weighted by atomic mass is 35.5. The summed E-state index contributed by atoms with van der Waals surface area (Å²) in [5.41, 5.74) is -1.04. The second-order valence-electron chi connectivity index (χ2n) is 4.50. The fourth-order valence-electron chi connectivity index (χ4n) is 1.65. The first-order valence-corrected chi connectivity index (χ1v) is 6.52. The minimum absolute atomic E-state index is 0.106. The first kappa shape index (κ1) is 16.8. The minimum Gasteiger partial charge on any atom is -0.479 e. The van der Waals surface area contributed by atoms with Crippen LogP contribution in [0.15, 0.2) is 18.2 Å². The molecule has 0 heterocycles. The van der Waals surface area contributed by atoms with Crippen LogP contribution in [0, 0.1) is 0 Å². The number of aliphatic carboxylic acids is 1. The van der Waals surface area contributed by atoms with Gasteiger partial charge in [-0.1, -0.05) is 29.3 Å². The van der Waals surface area contributed by atoms with E-state index < -0.39 is 17.4 Å². The number of hydrogen-bond acceptors (Lipinski definition) is 3. The van der Waals surface area contributed by atoms with E-state index in [4.69, 9.17) is 33.0 Å². The molecule has 2 N–H and O–H groups in total. The number of benzene rings is 1. The van der Waals surface area contributed by atoms with Crippen molar-refractivity contribution in [3.63, 3.8) is 0 Å². The third-order valence-electron chi connectivity index (χ3n) is 2.72. The van der Waals surface area contributed by atoms with Crippen molar-refractivity contribution in [2.75, 3.05) is 13.7 Å². The van der Waals surface area contributed by atoms with Gasteiger partial charge in [-0.2, -0.15) is 0 Å². The zero-order chi connectivity index (χ0) is 15.3. The number of hydrogen-bond donors (Lipinski definition) is 2. The maximum Gasteiger partial charge on any atom is 0.331 e. The molecule has 0 bridgehead atoms. The number of carbonyl (C=O) groups is 2. The van der Waals surface area contributed by atoms with E-state index in [2.05, 4.69) is 5.32 Å². The van der Waals surface area contributed by atoms with Crippen LogP contribution in [0.2, 0.25) is 10.0 Å². The molecule has 0 radical (unpaired) electrons. The largest absolute Gasteiger partial charge is 0.479 e. The molecule has 110 valence electrons. The predicted octanol–water partition coefficient (Wildman–Crippen LogP) is 2.14. The molecule has 5 nitrogen and oxygen atoms in total. The molecule has 0 aromatic heterocycles. The normalized spacial score (nSPS) is 13.6. The van der Waals surface area contributed by atoms with Crippen molar-refractivity contribution in [2.24, 2.45) is 0 Å². The quantitative estimate of drug-likeness (QED) is 0.842. The monoisotopic (exact) mass is 319 g/mol. The summed E-state index contributed by atoms with van der Waals surface area (Å²) < 4.78 is 4.82. The Hall–Kier alpha value is -1.30. The van der Waals surface area contributed by atoms with Crippen molar-refractivity contribution in [1.82, 2.24) is 5.32 Å². The zero-order valence-electron chi connectivity index (χ0n) is 11.1. The Balaban J connectivity index is 2.84. The van der Waals surface area contributed by atoms with Gasteiger partial charge in [-0.15, -0.1) is 0 Å². The van der Waals surface area contributed by atoms with Crippen molar-refractivity contribution >= 4 is 35.1 Å². The van der Waals surface area contributed by atoms with Crippen LogP contribution in [0.3, 0.4) is 0 Å². The SMILES string of the molecule is COCC(C)(NC(=O)Cc1c(Cl)cccc1Cl)C(=O)O. The predicted molar refractivity (Wildman–Crippen MR) is 76.2 cm³/mol. The van der Waals surface area contributed by atoms with E-state index in [0.29, 0.717) is 15.6 Å². The lowest BCUT2D eigenvalue weighted by Crippen LogP contribution is -2.55. The second kappa shape index (κ2) is 6.92. The number of carboxylic acid groups (broad SMARTS) is 1. The molecule has 1 aromatic rings. The van der Waals surface area contributed by atoms with Crippen molar-refractivity contribution in [2.45, 2.75) is 18.9 Å². The number of ether oxygens (including phenoxy) is 1. The van der Waals surface area contributed by atoms with E-state index in [1.54, 1.807) is 18.2 Å². The Morgan fingerprint density at radius 3 is 2.35 bits per heavy atom. The fourth-order valence-corrected chi connectivity index (χ4v) is 2.18. The molecule has 1 unspecified atom stereocenters. The summed E-state index contributed by atoms with van der Waals surface area (Å²) in [6.45, 7) is 1.22. The van der Waals surface area contributed by atoms with Crippen molar-refractivity contribution in [3.8, 4) is 0 Å². The first-order valence-electron chi connectivity index (χ1n) is 5.76. The Bertz CT molecular complexity index is 501. The van der Waals surface area contributed by atoms with E-state index in [9.17, 15) is 9.59 Å². The van der Waals surface area contributed by atoms with Crippen LogP contribution in [0.25, 0.3) is 0 Å². The van der Waals surface area contributed by atoms with E-state index >= 15 is 0 Å². The molecule has 7 heteroatoms. The average Bonchev–Trinajstić information content (AvgIpc) is 2.34. The second-order valence-corrected chi connectivity index (χ2v) is 5.31. The zero-order valence-corrected chi connectivity index (χ0v) is 12.6. The molecule has 0 fully saturated rings. The molecule has 0 aliphatic carbocycles. The molecule has 1 atom stereocenters. The third kappa shape index (κ3) is 4.10. The smallest absolute Gasteiger partial charge is 0.331 e. The van der Waals surface area contributed by atoms with Gasteiger partial charge in [0, 0.05) is 17.2 Å². The highest BCUT2D eigenvalue weighted by molar-refractivity contribution is 6.36. The van der Waals surface area contributed by atoms with Crippen LogP contribution in [-0.4, -0.2) is 36.2 Å². The van der Waals surface area contributed by atoms with Gasteiger partial charge in [0.25, 0.3) is 0 Å². The van der Waals surface area contributed by atoms with E-state index in [-0.39, 0.29) is 13.0 Å². The molecule has 0 spiro atoms. The van der Waals surface area contributed by atoms with Crippen LogP contribution in [0.4, 0.5) is 0 Å². The van der Waals surface area contributed by atoms with Crippen molar-refractivity contribution in [1.29, 1.82) is 0 Å². The van der Waals surface area contributed by atoms with Crippen LogP contribution >= 0.6 is 23.2 Å². The Labute approximate surface area is 126 Å². The molecule has 1 rings (SSSR count). The number of carboxylic acids is 1. The summed E-state index contributed by atoms with van der Waals surface area (Å²) in [5, 5.41) is 12.3. The summed E-state index contributed by atoms with van der Waals surface area (Å²) in [5.74, 6) is -1.68. The van der Waals surface area contributed by atoms with Gasteiger partial charge in [-0.25, -0.2) is 4.79 Å². The summed E-state index contributed by atoms with van der Waals surface area (Å²) in [4.78, 5) is 23.2. The van der Waals surface area contributed by atoms with Gasteiger partial charge in [0.05, 0.1) is 13.0 Å². The fraction of sp³-hybridized carbons (Fsp3) is 0.385. The molecule has 20 heavy (non-hydrogen) atoms. The number of halogens is 2. The number of amides is 1. The van der Waals surface area contributed by atoms with Crippen LogP contribution in [0.5, 0.6) is 0 Å². The number of rotatable bonds is 6. The van der Waals surface area contributed by atoms with Gasteiger partial charge in [-0.05, 0) is 24.6 Å². The lowest BCUT2D eigenvalue weighted by Gasteiger charge is -2.25. The van der Waals surface area contributed by atoms with E-state index in [1.165, 1.54) is 14.0 Å². The molecule has 0 aliphatic heterocycles. The third-order valence-corrected chi connectivity index (χ3v) is 3.43. The van der Waals surface area contributed by atoms with Gasteiger partial charge >= 0.3 is 5.97 Å². The highest BCUT2D eigenvalue weighted by Gasteiger charge is 2.35. The van der Waals surface area contributed by atoms with Gasteiger partial charge in [0.1, 0.15) is 0 Å². The average molecular weight is 320 g/mol. The Morgan fingerprint density at radius 2 is 1.90 bits per heavy atom. The molecular weight excluding hydrogens is 305 g/mol. The van der Waals surface area contributed by atoms with Crippen LogP contribution < -0.4 is 5.32 Å². The number of methoxy groups -OCH3 is 1. The molecular formula is C13H15Cl2NO4. The lowest BCUT2D eigenvalue weighted by molar-refractivity contribution is -0.149. The van der Waals surface area contributed by atoms with Gasteiger partial charge in [0.15, 0.2) is 5.54 Å². The molecule has 0 saturated carbocycles. The summed E-state index contributed by atoms with van der Waals surface area (Å²) in [6.07, 6.45) is -0.106. The van der Waals surface area contributed by atoms with Crippen molar-refractivity contribution < 1.29 is 19.4 Å². The Kier molecular flexibility index (Phi) is 5.80. The molecule has 0 aliphatic rings. The Morgan fingerprint density at radius 1 is 1.35 bits per heavy atom. The summed E-state index contributed by atoms with van der Waals surface area (Å²) in [7, 11) is 1.36. The van der Waals surface area contributed by atoms with Crippen LogP contribution in [0.1, 0.15) is 12.5 Å². The van der Waals surface area contributed by atoms with E-state index in [1.807, 2.05) is 0 Å². The standard InChI is InChI=1S/C13H15Cl2NO4/c1-13(7-20-2,12(18)19)16-11(17)6-8-9(14)4-3-5-10(8)15/h3-5H,6-7H2,1-2H3,(H,16,17)(H,18,19). The maximum absolute atomic E-state index is 12.0. The lowest BCUT2D eigenvalue weighted by atomic mass is 10.0. The topological polar surface area (TPSA) is 75.6 Å². The molecule has 1 aromatic carbocycles. The summed E-state index contributed by atoms with van der Waals surface area (Å²) in [6, 6.07) is 4.89. The summed E-state index contributed by atoms with van der Waals surface area (Å²) >= 11 is 11.9. The minimum atomic E-state index is -1.50. The first-order chi connectivity index (χ1) is 9.30. The molecule has 0 saturated heterocycles. The number of nitrogens with one attached hydrogen (secondary N) is 1. The van der Waals surface area contributed by atoms with Gasteiger partial charge in [-0.3, -0.25) is 4.79 Å². The van der Waals surface area contributed by atoms with E-state index in [0.717, 1.165) is 0 Å². The van der Waals surface area contributed by atoms with Gasteiger partial charge in [0.2, 0.25) is 5.91 Å². The van der Waals surface area contributed by atoms with Gasteiger partial charge < -0.3 is 15.2 Å².